The van der Waals surface area contributed by atoms with Crippen molar-refractivity contribution in [3.8, 4) is 0 Å². The Kier molecular flexibility index (Phi) is 7.53. The minimum absolute atomic E-state index is 0.0534. The molecular formula is C22H24BrNO2S. The monoisotopic (exact) mass is 445 g/mol. The van der Waals surface area contributed by atoms with Crippen molar-refractivity contribution in [1.29, 1.82) is 0 Å². The summed E-state index contributed by atoms with van der Waals surface area (Å²) >= 11 is 4.87. The molecule has 2 aromatic rings. The van der Waals surface area contributed by atoms with E-state index in [-0.39, 0.29) is 16.9 Å². The van der Waals surface area contributed by atoms with E-state index in [1.807, 2.05) is 35.2 Å². The second-order valence-corrected chi connectivity index (χ2v) is 8.85. The lowest BCUT2D eigenvalue weighted by molar-refractivity contribution is -0.115. The van der Waals surface area contributed by atoms with Crippen LogP contribution in [-0.2, 0) is 11.2 Å². The predicted molar refractivity (Wildman–Crippen MR) is 115 cm³/mol. The van der Waals surface area contributed by atoms with Crippen molar-refractivity contribution in [2.24, 2.45) is 5.92 Å². The highest BCUT2D eigenvalue weighted by atomic mass is 79.9. The largest absolute Gasteiger partial charge is 0.339 e. The maximum absolute atomic E-state index is 12.6. The number of likely N-dealkylation sites (tertiary alicyclic amines) is 1. The third-order valence-corrected chi connectivity index (χ3v) is 6.49. The first-order chi connectivity index (χ1) is 13.1. The van der Waals surface area contributed by atoms with Gasteiger partial charge in [-0.25, -0.2) is 0 Å². The normalized spacial score (nSPS) is 14.9. The minimum Gasteiger partial charge on any atom is -0.339 e. The van der Waals surface area contributed by atoms with Crippen LogP contribution in [0.4, 0.5) is 0 Å². The van der Waals surface area contributed by atoms with Crippen LogP contribution in [0.3, 0.4) is 0 Å². The molecule has 0 radical (unpaired) electrons. The van der Waals surface area contributed by atoms with Crippen molar-refractivity contribution < 1.29 is 9.59 Å². The molecular weight excluding hydrogens is 422 g/mol. The Hall–Kier alpha value is -1.59. The molecule has 1 aliphatic heterocycles. The van der Waals surface area contributed by atoms with E-state index in [9.17, 15) is 9.59 Å². The summed E-state index contributed by atoms with van der Waals surface area (Å²) in [6.45, 7) is 1.32. The van der Waals surface area contributed by atoms with Gasteiger partial charge in [0.2, 0.25) is 0 Å². The van der Waals surface area contributed by atoms with Gasteiger partial charge in [-0.1, -0.05) is 64.1 Å². The highest BCUT2D eigenvalue weighted by Gasteiger charge is 2.27. The molecule has 0 spiro atoms. The van der Waals surface area contributed by atoms with E-state index < -0.39 is 0 Å². The zero-order valence-electron chi connectivity index (χ0n) is 15.3. The molecule has 0 unspecified atom stereocenters. The van der Waals surface area contributed by atoms with Gasteiger partial charge < -0.3 is 4.90 Å². The highest BCUT2D eigenvalue weighted by molar-refractivity contribution is 9.10. The van der Waals surface area contributed by atoms with E-state index in [4.69, 9.17) is 0 Å². The topological polar surface area (TPSA) is 37.4 Å². The molecule has 3 rings (SSSR count). The molecule has 1 amide bonds. The number of benzene rings is 2. The van der Waals surface area contributed by atoms with E-state index >= 15 is 0 Å². The highest BCUT2D eigenvalue weighted by Crippen LogP contribution is 2.25. The van der Waals surface area contributed by atoms with Crippen molar-refractivity contribution in [1.82, 2.24) is 4.90 Å². The first-order valence-corrected chi connectivity index (χ1v) is 11.2. The molecule has 0 saturated carbocycles. The van der Waals surface area contributed by atoms with Gasteiger partial charge in [0.15, 0.2) is 5.12 Å². The number of hydrogen-bond acceptors (Lipinski definition) is 3. The van der Waals surface area contributed by atoms with E-state index in [1.165, 1.54) is 17.3 Å². The first kappa shape index (κ1) is 20.2. The van der Waals surface area contributed by atoms with Gasteiger partial charge in [0.05, 0.1) is 0 Å². The Bertz CT molecular complexity index is 773. The number of aryl methyl sites for hydroxylation is 1. The van der Waals surface area contributed by atoms with Gasteiger partial charge in [-0.15, -0.1) is 0 Å². The number of amides is 1. The van der Waals surface area contributed by atoms with Gasteiger partial charge in [-0.05, 0) is 49.4 Å². The molecule has 0 N–H and O–H groups in total. The molecule has 0 aliphatic carbocycles. The smallest absolute Gasteiger partial charge is 0.253 e. The molecule has 1 fully saturated rings. The van der Waals surface area contributed by atoms with Crippen LogP contribution in [0.2, 0.25) is 0 Å². The standard InChI is InChI=1S/C22H24BrNO2S/c23-20-10-4-9-19(16-20)21(25)24-13-11-18(12-14-24)22(26)27-15-5-8-17-6-2-1-3-7-17/h1-4,6-7,9-10,16,18H,5,8,11-15H2. The van der Waals surface area contributed by atoms with Crippen molar-refractivity contribution in [2.45, 2.75) is 25.7 Å². The average molecular weight is 446 g/mol. The Labute approximate surface area is 173 Å². The summed E-state index contributed by atoms with van der Waals surface area (Å²) in [5, 5.41) is 0.289. The number of nitrogens with zero attached hydrogens (tertiary/aromatic N) is 1. The van der Waals surface area contributed by atoms with Crippen LogP contribution in [-0.4, -0.2) is 34.8 Å². The van der Waals surface area contributed by atoms with E-state index in [1.54, 1.807) is 0 Å². The lowest BCUT2D eigenvalue weighted by atomic mass is 9.97. The lowest BCUT2D eigenvalue weighted by Gasteiger charge is -2.31. The fourth-order valence-electron chi connectivity index (χ4n) is 3.33. The van der Waals surface area contributed by atoms with Crippen LogP contribution in [0.15, 0.2) is 59.1 Å². The Morgan fingerprint density at radius 1 is 1.04 bits per heavy atom. The van der Waals surface area contributed by atoms with E-state index in [0.717, 1.165) is 35.9 Å². The predicted octanol–water partition coefficient (Wildman–Crippen LogP) is 5.19. The molecule has 27 heavy (non-hydrogen) atoms. The third-order valence-electron chi connectivity index (χ3n) is 4.88. The SMILES string of the molecule is O=C(SCCCc1ccccc1)C1CCN(C(=O)c2cccc(Br)c2)CC1. The molecule has 0 atom stereocenters. The summed E-state index contributed by atoms with van der Waals surface area (Å²) in [7, 11) is 0. The number of rotatable bonds is 6. The number of carbonyl (C=O) groups excluding carboxylic acids is 2. The minimum atomic E-state index is 0.0534. The van der Waals surface area contributed by atoms with Crippen molar-refractivity contribution >= 4 is 38.7 Å². The molecule has 2 aromatic carbocycles. The van der Waals surface area contributed by atoms with Crippen molar-refractivity contribution in [3.63, 3.8) is 0 Å². The second-order valence-electron chi connectivity index (χ2n) is 6.83. The number of carbonyl (C=O) groups is 2. The summed E-state index contributed by atoms with van der Waals surface area (Å²) in [4.78, 5) is 26.9. The van der Waals surface area contributed by atoms with Gasteiger partial charge in [-0.2, -0.15) is 0 Å². The average Bonchev–Trinajstić information content (AvgIpc) is 2.71. The Balaban J connectivity index is 1.39. The maximum Gasteiger partial charge on any atom is 0.253 e. The van der Waals surface area contributed by atoms with Crippen LogP contribution < -0.4 is 0 Å². The van der Waals surface area contributed by atoms with Crippen molar-refractivity contribution in [3.05, 3.63) is 70.2 Å². The maximum atomic E-state index is 12.6. The van der Waals surface area contributed by atoms with E-state index in [0.29, 0.717) is 18.7 Å². The summed E-state index contributed by atoms with van der Waals surface area (Å²) in [5.74, 6) is 1.00. The van der Waals surface area contributed by atoms with Crippen LogP contribution >= 0.6 is 27.7 Å². The van der Waals surface area contributed by atoms with E-state index in [2.05, 4.69) is 40.2 Å². The van der Waals surface area contributed by atoms with Gasteiger partial charge in [0.1, 0.15) is 0 Å². The van der Waals surface area contributed by atoms with Gasteiger partial charge >= 0.3 is 0 Å². The number of hydrogen-bond donors (Lipinski definition) is 0. The number of thioether (sulfide) groups is 1. The molecule has 3 nitrogen and oxygen atoms in total. The molecule has 142 valence electrons. The van der Waals surface area contributed by atoms with Crippen molar-refractivity contribution in [2.75, 3.05) is 18.8 Å². The zero-order valence-corrected chi connectivity index (χ0v) is 17.7. The first-order valence-electron chi connectivity index (χ1n) is 9.39. The van der Waals surface area contributed by atoms with Crippen LogP contribution in [0, 0.1) is 5.92 Å². The fourth-order valence-corrected chi connectivity index (χ4v) is 4.69. The molecule has 0 aromatic heterocycles. The van der Waals surface area contributed by atoms with Crippen LogP contribution in [0.1, 0.15) is 35.2 Å². The van der Waals surface area contributed by atoms with Gasteiger partial charge in [-0.3, -0.25) is 9.59 Å². The Morgan fingerprint density at radius 3 is 2.48 bits per heavy atom. The summed E-state index contributed by atoms with van der Waals surface area (Å²) in [6, 6.07) is 17.9. The molecule has 1 heterocycles. The molecule has 5 heteroatoms. The molecule has 1 aliphatic rings. The Morgan fingerprint density at radius 2 is 1.78 bits per heavy atom. The quantitative estimate of drug-likeness (QED) is 0.573. The summed E-state index contributed by atoms with van der Waals surface area (Å²) in [5.41, 5.74) is 2.02. The van der Waals surface area contributed by atoms with Crippen LogP contribution in [0.5, 0.6) is 0 Å². The number of halogens is 1. The molecule has 1 saturated heterocycles. The molecule has 0 bridgehead atoms. The lowest BCUT2D eigenvalue weighted by Crippen LogP contribution is -2.39. The fraction of sp³-hybridized carbons (Fsp3) is 0.364. The van der Waals surface area contributed by atoms with Gasteiger partial charge in [0.25, 0.3) is 5.91 Å². The van der Waals surface area contributed by atoms with Crippen LogP contribution in [0.25, 0.3) is 0 Å². The second kappa shape index (κ2) is 10.1. The summed E-state index contributed by atoms with van der Waals surface area (Å²) < 4.78 is 0.908. The number of piperidine rings is 1. The third kappa shape index (κ3) is 5.94. The summed E-state index contributed by atoms with van der Waals surface area (Å²) in [6.07, 6.45) is 3.57. The van der Waals surface area contributed by atoms with Gasteiger partial charge in [0, 0.05) is 34.8 Å². The zero-order chi connectivity index (χ0) is 19.1.